The van der Waals surface area contributed by atoms with Gasteiger partial charge < -0.3 is 28.8 Å². The Morgan fingerprint density at radius 2 is 1.94 bits per heavy atom. The highest BCUT2D eigenvalue weighted by Gasteiger charge is 2.26. The number of aromatic nitrogens is 1. The van der Waals surface area contributed by atoms with Crippen molar-refractivity contribution < 1.29 is 23.4 Å². The van der Waals surface area contributed by atoms with Crippen LogP contribution in [0.4, 0.5) is 0 Å². The van der Waals surface area contributed by atoms with Crippen LogP contribution >= 0.6 is 0 Å². The van der Waals surface area contributed by atoms with Crippen molar-refractivity contribution in [2.75, 3.05) is 53.5 Å². The molecule has 0 unspecified atom stereocenters. The number of hydrogen-bond acceptors (Lipinski definition) is 8. The molecule has 3 aromatic rings. The second-order valence-corrected chi connectivity index (χ2v) is 8.80. The summed E-state index contributed by atoms with van der Waals surface area (Å²) in [4.78, 5) is 21.8. The fourth-order valence-corrected chi connectivity index (χ4v) is 4.22. The summed E-state index contributed by atoms with van der Waals surface area (Å²) in [5, 5.41) is 2.91. The first-order valence-corrected chi connectivity index (χ1v) is 11.8. The van der Waals surface area contributed by atoms with E-state index in [1.54, 1.807) is 19.2 Å². The summed E-state index contributed by atoms with van der Waals surface area (Å²) < 4.78 is 23.2. The number of nitrogens with zero attached hydrogens (tertiary/aromatic N) is 3. The topological polar surface area (TPSA) is 89.3 Å². The van der Waals surface area contributed by atoms with E-state index in [4.69, 9.17) is 18.6 Å². The smallest absolute Gasteiger partial charge is 0.287 e. The highest BCUT2D eigenvalue weighted by atomic mass is 16.6. The molecule has 1 atom stereocenters. The molecule has 1 amide bonds. The van der Waals surface area contributed by atoms with Crippen LogP contribution < -0.4 is 19.5 Å². The third kappa shape index (κ3) is 5.41. The first kappa shape index (κ1) is 23.2. The third-order valence-electron chi connectivity index (χ3n) is 6.25. The van der Waals surface area contributed by atoms with E-state index in [-0.39, 0.29) is 18.6 Å². The molecule has 0 radical (unpaired) electrons. The number of rotatable bonds is 7. The van der Waals surface area contributed by atoms with Crippen molar-refractivity contribution in [1.29, 1.82) is 0 Å². The number of carbonyl (C=O) groups is 1. The van der Waals surface area contributed by atoms with Gasteiger partial charge in [0.15, 0.2) is 17.3 Å². The van der Waals surface area contributed by atoms with Crippen LogP contribution in [0, 0.1) is 0 Å². The summed E-state index contributed by atoms with van der Waals surface area (Å²) in [7, 11) is 3.71. The van der Waals surface area contributed by atoms with Crippen molar-refractivity contribution in [3.8, 4) is 28.6 Å². The molecule has 5 rings (SSSR count). The predicted octanol–water partition coefficient (Wildman–Crippen LogP) is 2.67. The Morgan fingerprint density at radius 1 is 1.11 bits per heavy atom. The van der Waals surface area contributed by atoms with E-state index < -0.39 is 0 Å². The molecule has 0 bridgehead atoms. The predicted molar refractivity (Wildman–Crippen MR) is 130 cm³/mol. The average Bonchev–Trinajstić information content (AvgIpc) is 3.37. The number of hydrogen-bond donors (Lipinski definition) is 1. The molecule has 35 heavy (non-hydrogen) atoms. The number of nitrogens with one attached hydrogen (secondary N) is 1. The molecule has 9 heteroatoms. The van der Waals surface area contributed by atoms with E-state index in [9.17, 15) is 4.79 Å². The molecular weight excluding hydrogens is 448 g/mol. The molecule has 2 aromatic heterocycles. The molecule has 2 aliphatic heterocycles. The van der Waals surface area contributed by atoms with E-state index in [2.05, 4.69) is 27.1 Å². The SMILES string of the molecule is COc1cccc(-c2cccc3c2O[C@@H](CNC(=O)c2ccc(CN4CCN(C)CC4)o2)CO3)n1. The molecule has 1 saturated heterocycles. The Morgan fingerprint density at radius 3 is 2.77 bits per heavy atom. The molecule has 0 saturated carbocycles. The molecule has 1 aromatic carbocycles. The Balaban J connectivity index is 1.19. The summed E-state index contributed by atoms with van der Waals surface area (Å²) in [5.41, 5.74) is 1.52. The van der Waals surface area contributed by atoms with E-state index in [1.165, 1.54) is 0 Å². The number of fused-ring (bicyclic) bond motifs is 1. The summed E-state index contributed by atoms with van der Waals surface area (Å²) >= 11 is 0. The quantitative estimate of drug-likeness (QED) is 0.555. The van der Waals surface area contributed by atoms with Crippen molar-refractivity contribution in [2.24, 2.45) is 0 Å². The number of amides is 1. The number of furan rings is 1. The van der Waals surface area contributed by atoms with Gasteiger partial charge in [-0.05, 0) is 37.4 Å². The first-order chi connectivity index (χ1) is 17.1. The zero-order chi connectivity index (χ0) is 24.2. The van der Waals surface area contributed by atoms with E-state index >= 15 is 0 Å². The number of carbonyl (C=O) groups excluding carboxylic acids is 1. The Kier molecular flexibility index (Phi) is 6.87. The fourth-order valence-electron chi connectivity index (χ4n) is 4.22. The number of methoxy groups -OCH3 is 1. The lowest BCUT2D eigenvalue weighted by Gasteiger charge is -2.31. The molecule has 1 N–H and O–H groups in total. The highest BCUT2D eigenvalue weighted by molar-refractivity contribution is 5.91. The molecular formula is C26H30N4O5. The van der Waals surface area contributed by atoms with Crippen LogP contribution in [0.1, 0.15) is 16.3 Å². The van der Waals surface area contributed by atoms with Crippen LogP contribution in [-0.2, 0) is 6.54 Å². The van der Waals surface area contributed by atoms with Crippen LogP contribution in [-0.4, -0.2) is 80.3 Å². The van der Waals surface area contributed by atoms with Gasteiger partial charge >= 0.3 is 0 Å². The maximum Gasteiger partial charge on any atom is 0.287 e. The molecule has 0 aliphatic carbocycles. The van der Waals surface area contributed by atoms with Gasteiger partial charge in [0.1, 0.15) is 18.5 Å². The van der Waals surface area contributed by atoms with Crippen LogP contribution in [0.3, 0.4) is 0 Å². The maximum absolute atomic E-state index is 12.7. The third-order valence-corrected chi connectivity index (χ3v) is 6.25. The van der Waals surface area contributed by atoms with Gasteiger partial charge in [-0.1, -0.05) is 12.1 Å². The summed E-state index contributed by atoms with van der Waals surface area (Å²) in [6.07, 6.45) is -0.349. The lowest BCUT2D eigenvalue weighted by Crippen LogP contribution is -2.43. The Hall–Kier alpha value is -3.56. The van der Waals surface area contributed by atoms with Crippen molar-refractivity contribution in [3.05, 3.63) is 60.1 Å². The minimum atomic E-state index is -0.349. The zero-order valence-electron chi connectivity index (χ0n) is 20.0. The summed E-state index contributed by atoms with van der Waals surface area (Å²) in [6, 6.07) is 14.8. The van der Waals surface area contributed by atoms with Crippen molar-refractivity contribution >= 4 is 5.91 Å². The summed E-state index contributed by atoms with van der Waals surface area (Å²) in [5.74, 6) is 2.59. The van der Waals surface area contributed by atoms with E-state index in [0.29, 0.717) is 36.3 Å². The van der Waals surface area contributed by atoms with Gasteiger partial charge in [-0.15, -0.1) is 0 Å². The van der Waals surface area contributed by atoms with Gasteiger partial charge in [-0.2, -0.15) is 0 Å². The highest BCUT2D eigenvalue weighted by Crippen LogP contribution is 2.40. The van der Waals surface area contributed by atoms with Gasteiger partial charge in [0, 0.05) is 37.8 Å². The number of piperazine rings is 1. The van der Waals surface area contributed by atoms with Gasteiger partial charge in [0.05, 0.1) is 25.9 Å². The first-order valence-electron chi connectivity index (χ1n) is 11.8. The van der Waals surface area contributed by atoms with E-state index in [0.717, 1.165) is 43.2 Å². The number of pyridine rings is 1. The number of benzene rings is 1. The maximum atomic E-state index is 12.7. The van der Waals surface area contributed by atoms with Gasteiger partial charge in [-0.3, -0.25) is 9.69 Å². The van der Waals surface area contributed by atoms with Gasteiger partial charge in [0.25, 0.3) is 5.91 Å². The second-order valence-electron chi connectivity index (χ2n) is 8.80. The Bertz CT molecular complexity index is 1170. The number of ether oxygens (including phenoxy) is 3. The van der Waals surface area contributed by atoms with E-state index in [1.807, 2.05) is 36.4 Å². The largest absolute Gasteiger partial charge is 0.486 e. The average molecular weight is 479 g/mol. The van der Waals surface area contributed by atoms with Crippen molar-refractivity contribution in [1.82, 2.24) is 20.1 Å². The van der Waals surface area contributed by atoms with Crippen LogP contribution in [0.25, 0.3) is 11.3 Å². The molecule has 9 nitrogen and oxygen atoms in total. The minimum Gasteiger partial charge on any atom is -0.486 e. The second kappa shape index (κ2) is 10.4. The molecule has 0 spiro atoms. The molecule has 2 aliphatic rings. The number of likely N-dealkylation sites (N-methyl/N-ethyl adjacent to an activating group) is 1. The van der Waals surface area contributed by atoms with Crippen LogP contribution in [0.5, 0.6) is 17.4 Å². The summed E-state index contributed by atoms with van der Waals surface area (Å²) in [6.45, 7) is 5.38. The molecule has 1 fully saturated rings. The van der Waals surface area contributed by atoms with Crippen LogP contribution in [0.15, 0.2) is 52.9 Å². The fraction of sp³-hybridized carbons (Fsp3) is 0.385. The van der Waals surface area contributed by atoms with Gasteiger partial charge in [0.2, 0.25) is 5.88 Å². The lowest BCUT2D eigenvalue weighted by molar-refractivity contribution is 0.0773. The Labute approximate surface area is 204 Å². The van der Waals surface area contributed by atoms with Gasteiger partial charge in [-0.25, -0.2) is 4.98 Å². The minimum absolute atomic E-state index is 0.272. The van der Waals surface area contributed by atoms with Crippen LogP contribution in [0.2, 0.25) is 0 Å². The standard InChI is InChI=1S/C26H30N4O5/c1-29-11-13-30(14-12-29)16-18-9-10-23(34-18)26(31)27-15-19-17-33-22-7-3-5-20(25(22)35-19)21-6-4-8-24(28-21)32-2/h3-10,19H,11-17H2,1-2H3,(H,27,31)/t19-/m0/s1. The monoisotopic (exact) mass is 478 g/mol. The zero-order valence-corrected chi connectivity index (χ0v) is 20.0. The number of para-hydroxylation sites is 1. The molecule has 4 heterocycles. The van der Waals surface area contributed by atoms with Crippen molar-refractivity contribution in [2.45, 2.75) is 12.6 Å². The van der Waals surface area contributed by atoms with Crippen molar-refractivity contribution in [3.63, 3.8) is 0 Å². The normalized spacial score (nSPS) is 18.3. The lowest BCUT2D eigenvalue weighted by atomic mass is 10.1. The molecule has 184 valence electrons.